The molecular weight excluding hydrogens is 383 g/mol. The number of rotatable bonds is 8. The number of nitro benzene ring substituents is 1. The van der Waals surface area contributed by atoms with Gasteiger partial charge in [0.15, 0.2) is 5.75 Å². The normalized spacial score (nSPS) is 10.8. The number of carbonyl (C=O) groups is 1. The van der Waals surface area contributed by atoms with E-state index >= 15 is 0 Å². The Morgan fingerprint density at radius 2 is 2.03 bits per heavy atom. The molecule has 2 aromatic carbocycles. The molecule has 0 N–H and O–H groups in total. The molecule has 0 radical (unpaired) electrons. The van der Waals surface area contributed by atoms with Gasteiger partial charge in [-0.05, 0) is 36.8 Å². The van der Waals surface area contributed by atoms with E-state index in [-0.39, 0.29) is 30.2 Å². The lowest BCUT2D eigenvalue weighted by molar-refractivity contribution is -0.386. The standard InChI is InChI=1S/C20H17FN2O6/c1-3-28-20(24)14(11-22)8-13-4-7-18(27-2)15(9-13)12-29-19-10-16(21)5-6-17(19)23(25)26/h4-10H,3,12H2,1-2H3/b14-8-. The summed E-state index contributed by atoms with van der Waals surface area (Å²) in [5, 5.41) is 20.2. The smallest absolute Gasteiger partial charge is 0.348 e. The van der Waals surface area contributed by atoms with Gasteiger partial charge >= 0.3 is 11.7 Å². The first-order valence-electron chi connectivity index (χ1n) is 8.42. The Kier molecular flexibility index (Phi) is 7.26. The highest BCUT2D eigenvalue weighted by Crippen LogP contribution is 2.30. The molecule has 2 aromatic rings. The zero-order chi connectivity index (χ0) is 21.4. The van der Waals surface area contributed by atoms with Gasteiger partial charge < -0.3 is 14.2 Å². The number of halogens is 1. The van der Waals surface area contributed by atoms with Crippen LogP contribution in [0.4, 0.5) is 10.1 Å². The van der Waals surface area contributed by atoms with Crippen LogP contribution in [-0.4, -0.2) is 24.6 Å². The Bertz CT molecular complexity index is 997. The number of nitro groups is 1. The monoisotopic (exact) mass is 400 g/mol. The summed E-state index contributed by atoms with van der Waals surface area (Å²) in [6.07, 6.45) is 1.34. The van der Waals surface area contributed by atoms with E-state index < -0.39 is 16.7 Å². The number of nitriles is 1. The molecule has 0 spiro atoms. The maximum absolute atomic E-state index is 13.5. The van der Waals surface area contributed by atoms with Crippen molar-refractivity contribution in [1.29, 1.82) is 5.26 Å². The largest absolute Gasteiger partial charge is 0.496 e. The van der Waals surface area contributed by atoms with E-state index in [1.54, 1.807) is 31.2 Å². The van der Waals surface area contributed by atoms with Crippen LogP contribution in [-0.2, 0) is 16.1 Å². The van der Waals surface area contributed by atoms with Crippen molar-refractivity contribution in [2.24, 2.45) is 0 Å². The van der Waals surface area contributed by atoms with Crippen molar-refractivity contribution in [2.45, 2.75) is 13.5 Å². The van der Waals surface area contributed by atoms with Crippen LogP contribution in [0.15, 0.2) is 42.0 Å². The molecule has 0 aromatic heterocycles. The molecule has 0 heterocycles. The van der Waals surface area contributed by atoms with E-state index in [0.717, 1.165) is 18.2 Å². The number of ether oxygens (including phenoxy) is 3. The molecule has 0 amide bonds. The van der Waals surface area contributed by atoms with Gasteiger partial charge in [0.25, 0.3) is 0 Å². The van der Waals surface area contributed by atoms with Crippen LogP contribution in [0.25, 0.3) is 6.08 Å². The van der Waals surface area contributed by atoms with Gasteiger partial charge in [-0.2, -0.15) is 5.26 Å². The van der Waals surface area contributed by atoms with Crippen LogP contribution in [0.3, 0.4) is 0 Å². The Hall–Kier alpha value is -3.93. The van der Waals surface area contributed by atoms with Gasteiger partial charge in [-0.15, -0.1) is 0 Å². The van der Waals surface area contributed by atoms with Crippen LogP contribution in [0.2, 0.25) is 0 Å². The topological polar surface area (TPSA) is 112 Å². The first-order valence-corrected chi connectivity index (χ1v) is 8.42. The lowest BCUT2D eigenvalue weighted by Crippen LogP contribution is -2.06. The third-order valence-electron chi connectivity index (χ3n) is 3.73. The SMILES string of the molecule is CCOC(=O)/C(C#N)=C\c1ccc(OC)c(COc2cc(F)ccc2[N+](=O)[O-])c1. The Labute approximate surface area is 165 Å². The Morgan fingerprint density at radius 3 is 2.66 bits per heavy atom. The molecule has 0 aliphatic carbocycles. The highest BCUT2D eigenvalue weighted by atomic mass is 19.1. The van der Waals surface area contributed by atoms with E-state index in [4.69, 9.17) is 19.5 Å². The quantitative estimate of drug-likeness (QED) is 0.218. The lowest BCUT2D eigenvalue weighted by atomic mass is 10.1. The van der Waals surface area contributed by atoms with Gasteiger partial charge in [0.1, 0.15) is 29.8 Å². The van der Waals surface area contributed by atoms with Gasteiger partial charge in [0, 0.05) is 17.7 Å². The van der Waals surface area contributed by atoms with Crippen LogP contribution < -0.4 is 9.47 Å². The molecule has 9 heteroatoms. The van der Waals surface area contributed by atoms with Crippen LogP contribution >= 0.6 is 0 Å². The number of esters is 1. The maximum atomic E-state index is 13.5. The van der Waals surface area contributed by atoms with E-state index in [9.17, 15) is 19.3 Å². The minimum Gasteiger partial charge on any atom is -0.496 e. The van der Waals surface area contributed by atoms with Crippen molar-refractivity contribution in [3.63, 3.8) is 0 Å². The second-order valence-corrected chi connectivity index (χ2v) is 5.62. The second-order valence-electron chi connectivity index (χ2n) is 5.62. The summed E-state index contributed by atoms with van der Waals surface area (Å²) in [4.78, 5) is 22.2. The molecule has 150 valence electrons. The van der Waals surface area contributed by atoms with E-state index in [2.05, 4.69) is 0 Å². The molecule has 29 heavy (non-hydrogen) atoms. The van der Waals surface area contributed by atoms with E-state index in [1.165, 1.54) is 13.2 Å². The molecule has 0 saturated heterocycles. The number of carbonyl (C=O) groups excluding carboxylic acids is 1. The van der Waals surface area contributed by atoms with Crippen molar-refractivity contribution in [1.82, 2.24) is 0 Å². The number of methoxy groups -OCH3 is 1. The third kappa shape index (κ3) is 5.52. The lowest BCUT2D eigenvalue weighted by Gasteiger charge is -2.12. The fourth-order valence-corrected chi connectivity index (χ4v) is 2.42. The predicted molar refractivity (Wildman–Crippen MR) is 101 cm³/mol. The van der Waals surface area contributed by atoms with Gasteiger partial charge in [0.05, 0.1) is 18.6 Å². The number of benzene rings is 2. The predicted octanol–water partition coefficient (Wildman–Crippen LogP) is 3.79. The van der Waals surface area contributed by atoms with Gasteiger partial charge in [-0.3, -0.25) is 10.1 Å². The van der Waals surface area contributed by atoms with Crippen molar-refractivity contribution < 1.29 is 28.3 Å². The van der Waals surface area contributed by atoms with Gasteiger partial charge in [-0.25, -0.2) is 9.18 Å². The molecule has 2 rings (SSSR count). The molecule has 0 fully saturated rings. The molecule has 0 aliphatic heterocycles. The Morgan fingerprint density at radius 1 is 1.28 bits per heavy atom. The van der Waals surface area contributed by atoms with E-state index in [1.807, 2.05) is 0 Å². The first-order chi connectivity index (χ1) is 13.9. The minimum absolute atomic E-state index is 0.131. The molecule has 0 bridgehead atoms. The third-order valence-corrected chi connectivity index (χ3v) is 3.73. The Balaban J connectivity index is 2.33. The van der Waals surface area contributed by atoms with E-state index in [0.29, 0.717) is 16.9 Å². The summed E-state index contributed by atoms with van der Waals surface area (Å²) in [5.41, 5.74) is 0.392. The maximum Gasteiger partial charge on any atom is 0.348 e. The van der Waals surface area contributed by atoms with Crippen LogP contribution in [0, 0.1) is 27.3 Å². The fourth-order valence-electron chi connectivity index (χ4n) is 2.42. The molecule has 0 unspecified atom stereocenters. The summed E-state index contributed by atoms with van der Waals surface area (Å²) >= 11 is 0. The highest BCUT2D eigenvalue weighted by molar-refractivity contribution is 5.97. The average molecular weight is 400 g/mol. The van der Waals surface area contributed by atoms with Gasteiger partial charge in [0.2, 0.25) is 0 Å². The van der Waals surface area contributed by atoms with Crippen molar-refractivity contribution >= 4 is 17.7 Å². The summed E-state index contributed by atoms with van der Waals surface area (Å²) in [7, 11) is 1.43. The fraction of sp³-hybridized carbons (Fsp3) is 0.200. The van der Waals surface area contributed by atoms with Crippen LogP contribution in [0.1, 0.15) is 18.1 Å². The van der Waals surface area contributed by atoms with Crippen LogP contribution in [0.5, 0.6) is 11.5 Å². The number of hydrogen-bond acceptors (Lipinski definition) is 7. The zero-order valence-corrected chi connectivity index (χ0v) is 15.7. The summed E-state index contributed by atoms with van der Waals surface area (Å²) in [6.45, 7) is 1.59. The molecule has 8 nitrogen and oxygen atoms in total. The summed E-state index contributed by atoms with van der Waals surface area (Å²) in [5.74, 6) is -1.25. The first kappa shape index (κ1) is 21.4. The van der Waals surface area contributed by atoms with Gasteiger partial charge in [-0.1, -0.05) is 6.07 Å². The average Bonchev–Trinajstić information content (AvgIpc) is 2.70. The van der Waals surface area contributed by atoms with Crippen molar-refractivity contribution in [2.75, 3.05) is 13.7 Å². The molecule has 0 atom stereocenters. The highest BCUT2D eigenvalue weighted by Gasteiger charge is 2.17. The number of nitrogens with zero attached hydrogens (tertiary/aromatic N) is 2. The molecule has 0 saturated carbocycles. The van der Waals surface area contributed by atoms with Crippen molar-refractivity contribution in [3.05, 3.63) is 69.0 Å². The number of hydrogen-bond donors (Lipinski definition) is 0. The zero-order valence-electron chi connectivity index (χ0n) is 15.7. The molecule has 0 aliphatic rings. The summed E-state index contributed by atoms with van der Waals surface area (Å²) in [6, 6.07) is 9.46. The van der Waals surface area contributed by atoms with Crippen molar-refractivity contribution in [3.8, 4) is 17.6 Å². The second kappa shape index (κ2) is 9.85. The minimum atomic E-state index is -0.751. The molecular formula is C20H17FN2O6. The summed E-state index contributed by atoms with van der Waals surface area (Å²) < 4.78 is 29.0.